The Bertz CT molecular complexity index is 669. The van der Waals surface area contributed by atoms with Crippen LogP contribution in [0.5, 0.6) is 0 Å². The van der Waals surface area contributed by atoms with Crippen molar-refractivity contribution in [3.8, 4) is 0 Å². The molecule has 1 atom stereocenters. The molecule has 2 fully saturated rings. The zero-order chi connectivity index (χ0) is 17.4. The number of carbonyl (C=O) groups excluding carboxylic acids is 1. The molecular weight excluding hydrogens is 314 g/mol. The summed E-state index contributed by atoms with van der Waals surface area (Å²) in [5.41, 5.74) is 0.802. The summed E-state index contributed by atoms with van der Waals surface area (Å²) >= 11 is 0. The second-order valence-corrected chi connectivity index (χ2v) is 7.99. The van der Waals surface area contributed by atoms with Crippen molar-refractivity contribution in [1.29, 1.82) is 0 Å². The van der Waals surface area contributed by atoms with Crippen LogP contribution in [0.1, 0.15) is 86.0 Å². The minimum absolute atomic E-state index is 0.0712. The summed E-state index contributed by atoms with van der Waals surface area (Å²) in [6.07, 6.45) is 10.3. The summed E-state index contributed by atoms with van der Waals surface area (Å²) in [6.45, 7) is 0. The summed E-state index contributed by atoms with van der Waals surface area (Å²) in [6, 6.07) is 7.62. The molecule has 2 saturated carbocycles. The number of amides is 1. The molecule has 0 aromatic heterocycles. The normalized spacial score (nSPS) is 26.5. The first kappa shape index (κ1) is 16.6. The Labute approximate surface area is 149 Å². The maximum atomic E-state index is 13.5. The lowest BCUT2D eigenvalue weighted by Crippen LogP contribution is -2.63. The van der Waals surface area contributed by atoms with E-state index in [1.807, 2.05) is 24.3 Å². The van der Waals surface area contributed by atoms with E-state index in [2.05, 4.69) is 4.90 Å². The van der Waals surface area contributed by atoms with E-state index in [0.717, 1.165) is 69.8 Å². The number of benzene rings is 1. The van der Waals surface area contributed by atoms with E-state index in [4.69, 9.17) is 0 Å². The predicted octanol–water partition coefficient (Wildman–Crippen LogP) is 4.35. The Morgan fingerprint density at radius 2 is 1.64 bits per heavy atom. The van der Waals surface area contributed by atoms with E-state index in [1.54, 1.807) is 0 Å². The van der Waals surface area contributed by atoms with Crippen molar-refractivity contribution in [2.75, 3.05) is 0 Å². The molecule has 1 unspecified atom stereocenters. The maximum Gasteiger partial charge on any atom is 0.313 e. The molecule has 3 aliphatic rings. The predicted molar refractivity (Wildman–Crippen MR) is 95.7 cm³/mol. The smallest absolute Gasteiger partial charge is 0.313 e. The molecule has 0 bridgehead atoms. The monoisotopic (exact) mass is 341 g/mol. The number of carboxylic acid groups (broad SMARTS) is 1. The van der Waals surface area contributed by atoms with E-state index in [0.29, 0.717) is 5.56 Å². The first-order chi connectivity index (χ1) is 12.1. The molecule has 0 radical (unpaired) electrons. The van der Waals surface area contributed by atoms with Gasteiger partial charge in [0, 0.05) is 11.6 Å². The van der Waals surface area contributed by atoms with Crippen molar-refractivity contribution in [1.82, 2.24) is 4.90 Å². The van der Waals surface area contributed by atoms with Gasteiger partial charge in [0.25, 0.3) is 5.91 Å². The van der Waals surface area contributed by atoms with Gasteiger partial charge in [0.2, 0.25) is 0 Å². The third-order valence-electron chi connectivity index (χ3n) is 6.64. The molecule has 1 spiro atoms. The van der Waals surface area contributed by atoms with E-state index >= 15 is 0 Å². The molecule has 1 aromatic carbocycles. The van der Waals surface area contributed by atoms with Gasteiger partial charge in [-0.1, -0.05) is 56.7 Å². The van der Waals surface area contributed by atoms with Crippen LogP contribution < -0.4 is 0 Å². The van der Waals surface area contributed by atoms with Crippen LogP contribution in [0.2, 0.25) is 0 Å². The van der Waals surface area contributed by atoms with Crippen molar-refractivity contribution in [2.24, 2.45) is 0 Å². The van der Waals surface area contributed by atoms with Crippen LogP contribution in [-0.2, 0) is 4.79 Å². The largest absolute Gasteiger partial charge is 0.481 e. The Hall–Kier alpha value is -1.84. The summed E-state index contributed by atoms with van der Waals surface area (Å²) in [5.74, 6) is -1.30. The molecule has 1 amide bonds. The van der Waals surface area contributed by atoms with Crippen LogP contribution in [0.3, 0.4) is 0 Å². The van der Waals surface area contributed by atoms with Gasteiger partial charge in [0.05, 0.1) is 5.54 Å². The van der Waals surface area contributed by atoms with E-state index in [9.17, 15) is 14.7 Å². The van der Waals surface area contributed by atoms with Gasteiger partial charge < -0.3 is 10.0 Å². The van der Waals surface area contributed by atoms with Gasteiger partial charge >= 0.3 is 5.97 Å². The van der Waals surface area contributed by atoms with Gasteiger partial charge in [-0.05, 0) is 37.3 Å². The fourth-order valence-corrected chi connectivity index (χ4v) is 5.63. The van der Waals surface area contributed by atoms with Crippen LogP contribution in [0.15, 0.2) is 24.3 Å². The molecular formula is C21H27NO3. The summed E-state index contributed by atoms with van der Waals surface area (Å²) in [5, 5.41) is 10.2. The van der Waals surface area contributed by atoms with Crippen LogP contribution in [-0.4, -0.2) is 33.5 Å². The quantitative estimate of drug-likeness (QED) is 0.870. The van der Waals surface area contributed by atoms with Gasteiger partial charge in [-0.25, -0.2) is 0 Å². The molecule has 4 rings (SSSR count). The van der Waals surface area contributed by atoms with Crippen LogP contribution in [0, 0.1) is 0 Å². The minimum atomic E-state index is -0.773. The SMILES string of the molecule is O=C(O)C1c2ccccc2C(=O)N(C2CCCC2)C12CCCCCC2. The molecule has 1 aromatic rings. The van der Waals surface area contributed by atoms with Gasteiger partial charge in [-0.3, -0.25) is 9.59 Å². The summed E-state index contributed by atoms with van der Waals surface area (Å²) < 4.78 is 0. The Morgan fingerprint density at radius 3 is 2.28 bits per heavy atom. The number of carbonyl (C=O) groups is 2. The number of carboxylic acids is 1. The highest BCUT2D eigenvalue weighted by molar-refractivity contribution is 6.01. The zero-order valence-electron chi connectivity index (χ0n) is 14.7. The highest BCUT2D eigenvalue weighted by Gasteiger charge is 2.56. The van der Waals surface area contributed by atoms with Crippen molar-refractivity contribution in [2.45, 2.75) is 81.7 Å². The maximum absolute atomic E-state index is 13.5. The Kier molecular flexibility index (Phi) is 4.30. The Morgan fingerprint density at radius 1 is 1.00 bits per heavy atom. The number of hydrogen-bond acceptors (Lipinski definition) is 2. The van der Waals surface area contributed by atoms with Crippen LogP contribution in [0.4, 0.5) is 0 Å². The number of hydrogen-bond donors (Lipinski definition) is 1. The summed E-state index contributed by atoms with van der Waals surface area (Å²) in [4.78, 5) is 28.0. The van der Waals surface area contributed by atoms with Crippen LogP contribution in [0.25, 0.3) is 0 Å². The lowest BCUT2D eigenvalue weighted by molar-refractivity contribution is -0.144. The first-order valence-electron chi connectivity index (χ1n) is 9.80. The van der Waals surface area contributed by atoms with Crippen molar-refractivity contribution >= 4 is 11.9 Å². The second-order valence-electron chi connectivity index (χ2n) is 7.99. The molecule has 4 heteroatoms. The zero-order valence-corrected chi connectivity index (χ0v) is 14.7. The standard InChI is InChI=1S/C21H27NO3/c23-19-17-12-6-5-11-16(17)18(20(24)25)21(13-7-1-2-8-14-21)22(19)15-9-3-4-10-15/h5-6,11-12,15,18H,1-4,7-10,13-14H2,(H,24,25). The number of nitrogens with zero attached hydrogens (tertiary/aromatic N) is 1. The minimum Gasteiger partial charge on any atom is -0.481 e. The third-order valence-corrected chi connectivity index (χ3v) is 6.64. The number of aliphatic carboxylic acids is 1. The highest BCUT2D eigenvalue weighted by Crippen LogP contribution is 2.50. The van der Waals surface area contributed by atoms with Crippen molar-refractivity contribution in [3.63, 3.8) is 0 Å². The second kappa shape index (κ2) is 6.47. The number of fused-ring (bicyclic) bond motifs is 1. The fraction of sp³-hybridized carbons (Fsp3) is 0.619. The van der Waals surface area contributed by atoms with E-state index < -0.39 is 17.4 Å². The molecule has 1 N–H and O–H groups in total. The van der Waals surface area contributed by atoms with Gasteiger partial charge in [-0.15, -0.1) is 0 Å². The lowest BCUT2D eigenvalue weighted by atomic mass is 9.68. The van der Waals surface area contributed by atoms with E-state index in [1.165, 1.54) is 0 Å². The molecule has 0 saturated heterocycles. The molecule has 4 nitrogen and oxygen atoms in total. The van der Waals surface area contributed by atoms with Crippen LogP contribution >= 0.6 is 0 Å². The van der Waals surface area contributed by atoms with Gasteiger partial charge in [0.1, 0.15) is 5.92 Å². The van der Waals surface area contributed by atoms with Crippen molar-refractivity contribution in [3.05, 3.63) is 35.4 Å². The Balaban J connectivity index is 1.91. The average Bonchev–Trinajstić information content (AvgIpc) is 3.01. The highest BCUT2D eigenvalue weighted by atomic mass is 16.4. The van der Waals surface area contributed by atoms with Crippen molar-refractivity contribution < 1.29 is 14.7 Å². The average molecular weight is 341 g/mol. The van der Waals surface area contributed by atoms with Gasteiger partial charge in [-0.2, -0.15) is 0 Å². The van der Waals surface area contributed by atoms with Gasteiger partial charge in [0.15, 0.2) is 0 Å². The topological polar surface area (TPSA) is 57.6 Å². The fourth-order valence-electron chi connectivity index (χ4n) is 5.63. The lowest BCUT2D eigenvalue weighted by Gasteiger charge is -2.53. The molecule has 1 aliphatic heterocycles. The molecule has 1 heterocycles. The molecule has 134 valence electrons. The molecule has 2 aliphatic carbocycles. The van der Waals surface area contributed by atoms with E-state index in [-0.39, 0.29) is 11.9 Å². The first-order valence-corrected chi connectivity index (χ1v) is 9.80. The summed E-state index contributed by atoms with van der Waals surface area (Å²) in [7, 11) is 0. The number of rotatable bonds is 2. The molecule has 25 heavy (non-hydrogen) atoms. The third kappa shape index (κ3) is 2.57.